The molecule has 1 saturated heterocycles. The van der Waals surface area contributed by atoms with Crippen molar-refractivity contribution in [2.24, 2.45) is 0 Å². The first kappa shape index (κ1) is 27.2. The molecule has 0 N–H and O–H groups in total. The summed E-state index contributed by atoms with van der Waals surface area (Å²) in [4.78, 5) is 0. The minimum Gasteiger partial charge on any atom is -1.00 e. The summed E-state index contributed by atoms with van der Waals surface area (Å²) in [7, 11) is 0. The summed E-state index contributed by atoms with van der Waals surface area (Å²) in [5.41, 5.74) is 16.0. The van der Waals surface area contributed by atoms with Gasteiger partial charge in [0.05, 0.1) is 0 Å². The number of aryl methyl sites for hydroxylation is 4. The molecule has 0 bridgehead atoms. The molecule has 0 aromatic heterocycles. The summed E-state index contributed by atoms with van der Waals surface area (Å²) >= 11 is -2.16. The minimum absolute atomic E-state index is 0. The van der Waals surface area contributed by atoms with Gasteiger partial charge in [-0.15, -0.1) is 0 Å². The molecule has 1 aliphatic heterocycles. The molecule has 0 nitrogen and oxygen atoms in total. The monoisotopic (exact) mass is 662 g/mol. The Morgan fingerprint density at radius 3 is 1.42 bits per heavy atom. The van der Waals surface area contributed by atoms with Gasteiger partial charge in [0, 0.05) is 0 Å². The van der Waals surface area contributed by atoms with Crippen molar-refractivity contribution >= 4 is 17.6 Å². The van der Waals surface area contributed by atoms with Crippen LogP contribution in [-0.4, -0.2) is 5.49 Å². The van der Waals surface area contributed by atoms with Gasteiger partial charge in [0.1, 0.15) is 0 Å². The molecule has 0 saturated carbocycles. The molecule has 2 aromatic carbocycles. The number of hydrogen-bond donors (Lipinski definition) is 0. The third kappa shape index (κ3) is 4.59. The summed E-state index contributed by atoms with van der Waals surface area (Å²) in [5, 5.41) is 0. The van der Waals surface area contributed by atoms with E-state index in [1.54, 1.807) is 56.6 Å². The van der Waals surface area contributed by atoms with Crippen LogP contribution in [0.15, 0.2) is 35.4 Å². The molecule has 5 rings (SSSR count). The van der Waals surface area contributed by atoms with Gasteiger partial charge < -0.3 is 24.8 Å². The van der Waals surface area contributed by atoms with Crippen LogP contribution in [0.4, 0.5) is 0 Å². The maximum atomic E-state index is 2.59. The Morgan fingerprint density at radius 2 is 1.00 bits per heavy atom. The maximum absolute atomic E-state index is 2.59. The van der Waals surface area contributed by atoms with E-state index in [1.807, 2.05) is 0 Å². The fourth-order valence-electron chi connectivity index (χ4n) is 6.58. The van der Waals surface area contributed by atoms with Gasteiger partial charge in [-0.3, -0.25) is 0 Å². The van der Waals surface area contributed by atoms with E-state index in [4.69, 9.17) is 0 Å². The SMILES string of the molecule is CC1=Cc2c(C)ccc(C)c2[CH]1[Hf+2]([CH]1C(C)=Cc2c(C)ccc(C)c21)=[Si]1CCCCC1.[Cl-].[Cl-]. The topological polar surface area (TPSA) is 0 Å². The van der Waals surface area contributed by atoms with Crippen LogP contribution >= 0.6 is 0 Å². The summed E-state index contributed by atoms with van der Waals surface area (Å²) in [6.45, 7) is 14.4. The maximum Gasteiger partial charge on any atom is -1.00 e. The summed E-state index contributed by atoms with van der Waals surface area (Å²) in [6, 6.07) is 12.7. The van der Waals surface area contributed by atoms with E-state index in [1.165, 1.54) is 30.4 Å². The molecule has 0 spiro atoms. The Balaban J connectivity index is 0.00000153. The third-order valence-electron chi connectivity index (χ3n) is 8.17. The number of rotatable bonds is 2. The Kier molecular flexibility index (Phi) is 8.80. The van der Waals surface area contributed by atoms with Gasteiger partial charge in [0.15, 0.2) is 0 Å². The fourth-order valence-corrected chi connectivity index (χ4v) is 44.8. The molecule has 33 heavy (non-hydrogen) atoms. The van der Waals surface area contributed by atoms with E-state index in [-0.39, 0.29) is 30.3 Å². The summed E-state index contributed by atoms with van der Waals surface area (Å²) in [5.74, 6) is 0. The van der Waals surface area contributed by atoms with E-state index in [2.05, 4.69) is 78.0 Å². The van der Waals surface area contributed by atoms with Crippen LogP contribution in [0.1, 0.15) is 85.0 Å². The average molecular weight is 662 g/mol. The quantitative estimate of drug-likeness (QED) is 0.434. The molecule has 0 radical (unpaired) electrons. The molecule has 2 aliphatic carbocycles. The Morgan fingerprint density at radius 1 is 0.606 bits per heavy atom. The van der Waals surface area contributed by atoms with Crippen LogP contribution in [0.3, 0.4) is 0 Å². The zero-order chi connectivity index (χ0) is 21.9. The molecule has 4 heteroatoms. The van der Waals surface area contributed by atoms with Crippen LogP contribution in [-0.2, 0) is 20.1 Å². The van der Waals surface area contributed by atoms with Crippen molar-refractivity contribution in [2.75, 3.05) is 0 Å². The first-order valence-corrected chi connectivity index (χ1v) is 23.6. The normalized spacial score (nSPS) is 20.6. The summed E-state index contributed by atoms with van der Waals surface area (Å²) < 4.78 is 1.62. The van der Waals surface area contributed by atoms with Gasteiger partial charge in [-0.1, -0.05) is 0 Å². The molecular weight excluding hydrogens is 626 g/mol. The molecule has 2 unspecified atom stereocenters. The predicted octanol–water partition coefficient (Wildman–Crippen LogP) is 2.34. The first-order valence-electron chi connectivity index (χ1n) is 12.2. The van der Waals surface area contributed by atoms with Crippen molar-refractivity contribution < 1.29 is 44.9 Å². The standard InChI is InChI=1S/2C12H13.C5H10Si.2ClH.Hf/c2*1-8-6-11-9(2)4-5-10(3)12(11)7-8;1-2-4-6-5-3-1;;;/h2*4-7H,1-3H3;1-5H2;2*1H;/q;;;;;+2/p-2. The number of benzene rings is 2. The number of halogens is 2. The molecule has 1 fully saturated rings. The van der Waals surface area contributed by atoms with E-state index in [0.717, 1.165) is 7.35 Å². The van der Waals surface area contributed by atoms with Crippen molar-refractivity contribution in [2.45, 2.75) is 80.2 Å². The fraction of sp³-hybridized carbons (Fsp3) is 0.448. The first-order chi connectivity index (χ1) is 14.9. The van der Waals surface area contributed by atoms with Crippen molar-refractivity contribution in [3.63, 3.8) is 0 Å². The van der Waals surface area contributed by atoms with Gasteiger partial charge >= 0.3 is 198 Å². The smallest absolute Gasteiger partial charge is 1.00 e. The van der Waals surface area contributed by atoms with Gasteiger partial charge in [0.25, 0.3) is 0 Å². The molecule has 0 amide bonds. The number of allylic oxidation sites excluding steroid dienone is 2. The largest absolute Gasteiger partial charge is 1.00 e. The van der Waals surface area contributed by atoms with Crippen LogP contribution in [0.25, 0.3) is 12.2 Å². The zero-order valence-corrected chi connectivity index (χ0v) is 27.0. The average Bonchev–Trinajstić information content (AvgIpc) is 3.29. The second kappa shape index (κ2) is 10.7. The molecule has 174 valence electrons. The van der Waals surface area contributed by atoms with Crippen molar-refractivity contribution in [3.8, 4) is 0 Å². The molecule has 1 heterocycles. The van der Waals surface area contributed by atoms with E-state index >= 15 is 0 Å². The molecular formula is C29H36Cl2HfSi. The third-order valence-corrected chi connectivity index (χ3v) is 39.6. The van der Waals surface area contributed by atoms with Crippen LogP contribution in [0.2, 0.25) is 12.1 Å². The summed E-state index contributed by atoms with van der Waals surface area (Å²) in [6.07, 6.45) is 9.68. The van der Waals surface area contributed by atoms with E-state index < -0.39 is 20.1 Å². The van der Waals surface area contributed by atoms with Crippen molar-refractivity contribution in [1.82, 2.24) is 0 Å². The molecule has 3 aliphatic rings. The van der Waals surface area contributed by atoms with E-state index in [9.17, 15) is 0 Å². The second-order valence-corrected chi connectivity index (χ2v) is 32.3. The number of fused-ring (bicyclic) bond motifs is 2. The Labute approximate surface area is 221 Å². The van der Waals surface area contributed by atoms with Crippen molar-refractivity contribution in [3.05, 3.63) is 79.9 Å². The second-order valence-electron chi connectivity index (χ2n) is 10.3. The predicted molar refractivity (Wildman–Crippen MR) is 134 cm³/mol. The Bertz CT molecular complexity index is 1100. The van der Waals surface area contributed by atoms with Gasteiger partial charge in [0.2, 0.25) is 0 Å². The van der Waals surface area contributed by atoms with Gasteiger partial charge in [-0.05, 0) is 0 Å². The van der Waals surface area contributed by atoms with Crippen LogP contribution in [0.5, 0.6) is 0 Å². The van der Waals surface area contributed by atoms with Crippen molar-refractivity contribution in [1.29, 1.82) is 0 Å². The Hall–Kier alpha value is -0.413. The number of hydrogen-bond acceptors (Lipinski definition) is 0. The zero-order valence-electron chi connectivity index (χ0n) is 20.9. The minimum atomic E-state index is -2.16. The van der Waals surface area contributed by atoms with Crippen LogP contribution < -0.4 is 24.8 Å². The van der Waals surface area contributed by atoms with Gasteiger partial charge in [-0.2, -0.15) is 0 Å². The molecule has 2 atom stereocenters. The molecule has 2 aromatic rings. The van der Waals surface area contributed by atoms with Gasteiger partial charge in [-0.25, -0.2) is 0 Å². The van der Waals surface area contributed by atoms with E-state index in [0.29, 0.717) is 0 Å². The van der Waals surface area contributed by atoms with Crippen LogP contribution in [0, 0.1) is 27.7 Å².